The van der Waals surface area contributed by atoms with Crippen molar-refractivity contribution in [1.29, 1.82) is 0 Å². The Bertz CT molecular complexity index is 1140. The lowest BCUT2D eigenvalue weighted by molar-refractivity contribution is -0.139. The van der Waals surface area contributed by atoms with Gasteiger partial charge in [0.05, 0.1) is 23.8 Å². The Balaban J connectivity index is 2.20. The molecular formula is C17H12F4N4O3S. The highest BCUT2D eigenvalue weighted by atomic mass is 32.1. The van der Waals surface area contributed by atoms with Gasteiger partial charge in [0.2, 0.25) is 5.13 Å². The second-order valence-corrected chi connectivity index (χ2v) is 6.71. The lowest BCUT2D eigenvalue weighted by Crippen LogP contribution is -2.15. The summed E-state index contributed by atoms with van der Waals surface area (Å²) in [5, 5.41) is 7.95. The summed E-state index contributed by atoms with van der Waals surface area (Å²) in [5.74, 6) is -2.62. The quantitative estimate of drug-likeness (QED) is 0.619. The number of pyridine rings is 1. The zero-order valence-corrected chi connectivity index (χ0v) is 15.7. The summed E-state index contributed by atoms with van der Waals surface area (Å²) in [6.07, 6.45) is -3.86. The van der Waals surface area contributed by atoms with Crippen molar-refractivity contribution in [2.24, 2.45) is 0 Å². The number of halogens is 4. The molecule has 2 heterocycles. The predicted molar refractivity (Wildman–Crippen MR) is 96.6 cm³/mol. The molecule has 2 N–H and O–H groups in total. The largest absolute Gasteiger partial charge is 0.496 e. The number of amides is 1. The van der Waals surface area contributed by atoms with Gasteiger partial charge in [0, 0.05) is 17.5 Å². The first-order valence-electron chi connectivity index (χ1n) is 7.89. The van der Waals surface area contributed by atoms with Gasteiger partial charge in [-0.3, -0.25) is 19.9 Å². The first kappa shape index (κ1) is 20.5. The Kier molecular flexibility index (Phi) is 5.38. The lowest BCUT2D eigenvalue weighted by Gasteiger charge is -2.17. The summed E-state index contributed by atoms with van der Waals surface area (Å²) >= 11 is 0.610. The normalized spacial score (nSPS) is 11.4. The number of H-pyrrole nitrogens is 1. The number of alkyl halides is 3. The topological polar surface area (TPSA) is 97.0 Å². The smallest absolute Gasteiger partial charge is 0.419 e. The van der Waals surface area contributed by atoms with Crippen molar-refractivity contribution >= 4 is 22.4 Å². The first-order chi connectivity index (χ1) is 13.6. The highest BCUT2D eigenvalue weighted by molar-refractivity contribution is 7.13. The van der Waals surface area contributed by atoms with E-state index in [0.29, 0.717) is 23.1 Å². The molecule has 7 nitrogen and oxygen atoms in total. The minimum Gasteiger partial charge on any atom is -0.496 e. The summed E-state index contributed by atoms with van der Waals surface area (Å²) < 4.78 is 59.5. The number of carbonyl (C=O) groups is 1. The highest BCUT2D eigenvalue weighted by Crippen LogP contribution is 2.41. The fourth-order valence-electron chi connectivity index (χ4n) is 2.59. The van der Waals surface area contributed by atoms with E-state index >= 15 is 0 Å². The van der Waals surface area contributed by atoms with E-state index in [2.05, 4.69) is 20.5 Å². The van der Waals surface area contributed by atoms with Gasteiger partial charge in [-0.2, -0.15) is 13.2 Å². The molecule has 3 aromatic rings. The molecule has 1 aromatic carbocycles. The summed E-state index contributed by atoms with van der Waals surface area (Å²) in [7, 11) is 1.17. The third-order valence-corrected chi connectivity index (χ3v) is 4.51. The van der Waals surface area contributed by atoms with E-state index in [1.54, 1.807) is 0 Å². The van der Waals surface area contributed by atoms with Crippen molar-refractivity contribution in [3.8, 4) is 16.9 Å². The number of methoxy groups -OCH3 is 1. The van der Waals surface area contributed by atoms with Gasteiger partial charge in [0.15, 0.2) is 0 Å². The van der Waals surface area contributed by atoms with Crippen molar-refractivity contribution in [3.05, 3.63) is 56.7 Å². The van der Waals surface area contributed by atoms with Crippen LogP contribution in [0.5, 0.6) is 5.75 Å². The third kappa shape index (κ3) is 4.11. The summed E-state index contributed by atoms with van der Waals surface area (Å²) in [5.41, 5.74) is -2.08. The minimum atomic E-state index is -4.95. The van der Waals surface area contributed by atoms with Crippen LogP contribution in [0.25, 0.3) is 11.1 Å². The van der Waals surface area contributed by atoms with Gasteiger partial charge in [0.1, 0.15) is 11.6 Å². The number of anilines is 1. The fraction of sp³-hybridized carbons (Fsp3) is 0.176. The SMILES string of the molecule is COc1ccc(C(F)(F)F)c(F)c1-c1cc(C)ncc1C(=O)Nc1n[nH]c(=O)s1. The highest BCUT2D eigenvalue weighted by Gasteiger charge is 2.36. The van der Waals surface area contributed by atoms with E-state index < -0.39 is 33.9 Å². The Labute approximate surface area is 164 Å². The maximum Gasteiger partial charge on any atom is 0.419 e. The molecule has 12 heteroatoms. The Morgan fingerprint density at radius 2 is 2.03 bits per heavy atom. The first-order valence-corrected chi connectivity index (χ1v) is 8.71. The molecule has 0 atom stereocenters. The van der Waals surface area contributed by atoms with Crippen LogP contribution in [0.3, 0.4) is 0 Å². The molecule has 0 fully saturated rings. The summed E-state index contributed by atoms with van der Waals surface area (Å²) in [6.45, 7) is 1.53. The van der Waals surface area contributed by atoms with E-state index in [9.17, 15) is 27.2 Å². The minimum absolute atomic E-state index is 0.0667. The van der Waals surface area contributed by atoms with Crippen LogP contribution in [-0.4, -0.2) is 28.2 Å². The number of hydrogen-bond acceptors (Lipinski definition) is 6. The number of benzene rings is 1. The van der Waals surface area contributed by atoms with Gasteiger partial charge in [-0.1, -0.05) is 0 Å². The number of aromatic nitrogens is 3. The molecule has 1 amide bonds. The van der Waals surface area contributed by atoms with Crippen LogP contribution in [0, 0.1) is 12.7 Å². The molecule has 0 unspecified atom stereocenters. The number of aryl methyl sites for hydroxylation is 1. The van der Waals surface area contributed by atoms with Crippen LogP contribution in [0.15, 0.2) is 29.2 Å². The van der Waals surface area contributed by atoms with E-state index in [0.717, 1.165) is 12.3 Å². The Morgan fingerprint density at radius 1 is 1.31 bits per heavy atom. The number of aromatic amines is 1. The van der Waals surface area contributed by atoms with Crippen LogP contribution in [-0.2, 0) is 6.18 Å². The van der Waals surface area contributed by atoms with E-state index in [4.69, 9.17) is 4.74 Å². The molecule has 0 aliphatic heterocycles. The molecule has 3 rings (SSSR count). The summed E-state index contributed by atoms with van der Waals surface area (Å²) in [4.78, 5) is 27.2. The average molecular weight is 428 g/mol. The van der Waals surface area contributed by atoms with Gasteiger partial charge < -0.3 is 4.74 Å². The molecule has 29 heavy (non-hydrogen) atoms. The number of ether oxygens (including phenoxy) is 1. The predicted octanol–water partition coefficient (Wildman–Crippen LogP) is 3.62. The zero-order valence-electron chi connectivity index (χ0n) is 14.8. The molecule has 0 bridgehead atoms. The second kappa shape index (κ2) is 7.62. The van der Waals surface area contributed by atoms with Crippen molar-refractivity contribution in [3.63, 3.8) is 0 Å². The standard InChI is InChI=1S/C17H12F4N4O3S/c1-7-5-8(9(6-22-7)14(26)23-15-24-25-16(27)29-15)12-11(28-2)4-3-10(13(12)18)17(19,20)21/h3-6H,1-2H3,(H,25,27)(H,23,24,26). The molecule has 2 aromatic heterocycles. The Hall–Kier alpha value is -3.28. The van der Waals surface area contributed by atoms with Crippen LogP contribution < -0.4 is 14.9 Å². The van der Waals surface area contributed by atoms with Crippen LogP contribution >= 0.6 is 11.3 Å². The molecule has 0 spiro atoms. The van der Waals surface area contributed by atoms with Gasteiger partial charge in [-0.25, -0.2) is 9.49 Å². The van der Waals surface area contributed by atoms with Crippen LogP contribution in [0.2, 0.25) is 0 Å². The molecule has 0 aliphatic carbocycles. The van der Waals surface area contributed by atoms with E-state index in [-0.39, 0.29) is 22.0 Å². The fourth-order valence-corrected chi connectivity index (χ4v) is 3.10. The van der Waals surface area contributed by atoms with Crippen molar-refractivity contribution in [2.75, 3.05) is 12.4 Å². The van der Waals surface area contributed by atoms with Gasteiger partial charge >= 0.3 is 11.0 Å². The second-order valence-electron chi connectivity index (χ2n) is 5.75. The summed E-state index contributed by atoms with van der Waals surface area (Å²) in [6, 6.07) is 2.80. The van der Waals surface area contributed by atoms with Gasteiger partial charge in [-0.15, -0.1) is 5.10 Å². The van der Waals surface area contributed by atoms with Crippen molar-refractivity contribution in [2.45, 2.75) is 13.1 Å². The number of rotatable bonds is 4. The molecule has 152 valence electrons. The molecule has 0 saturated carbocycles. The van der Waals surface area contributed by atoms with Crippen LogP contribution in [0.1, 0.15) is 21.6 Å². The maximum atomic E-state index is 14.9. The zero-order chi connectivity index (χ0) is 21.3. The third-order valence-electron chi connectivity index (χ3n) is 3.84. The van der Waals surface area contributed by atoms with Crippen molar-refractivity contribution < 1.29 is 27.1 Å². The van der Waals surface area contributed by atoms with E-state index in [1.165, 1.54) is 20.1 Å². The van der Waals surface area contributed by atoms with Gasteiger partial charge in [-0.05, 0) is 36.5 Å². The molecule has 0 saturated heterocycles. The molecular weight excluding hydrogens is 416 g/mol. The van der Waals surface area contributed by atoms with Crippen LogP contribution in [0.4, 0.5) is 22.7 Å². The Morgan fingerprint density at radius 3 is 2.62 bits per heavy atom. The maximum absolute atomic E-state index is 14.9. The monoisotopic (exact) mass is 428 g/mol. The molecule has 0 radical (unpaired) electrons. The molecule has 0 aliphatic rings. The number of carbonyl (C=O) groups excluding carboxylic acids is 1. The van der Waals surface area contributed by atoms with Gasteiger partial charge in [0.25, 0.3) is 5.91 Å². The van der Waals surface area contributed by atoms with E-state index in [1.807, 2.05) is 0 Å². The average Bonchev–Trinajstić information content (AvgIpc) is 3.04. The number of hydrogen-bond donors (Lipinski definition) is 2. The number of nitrogens with one attached hydrogen (secondary N) is 2. The van der Waals surface area contributed by atoms with Crippen molar-refractivity contribution in [1.82, 2.24) is 15.2 Å². The lowest BCUT2D eigenvalue weighted by atomic mass is 9.96. The number of nitrogens with zero attached hydrogens (tertiary/aromatic N) is 2.